The molecular formula is C12H14O3S. The van der Waals surface area contributed by atoms with E-state index in [4.69, 9.17) is 4.74 Å². The van der Waals surface area contributed by atoms with Crippen LogP contribution in [0.5, 0.6) is 0 Å². The first-order chi connectivity index (χ1) is 7.81. The van der Waals surface area contributed by atoms with E-state index in [0.717, 1.165) is 5.75 Å². The van der Waals surface area contributed by atoms with Gasteiger partial charge in [-0.1, -0.05) is 30.3 Å². The van der Waals surface area contributed by atoms with Gasteiger partial charge in [0.1, 0.15) is 6.10 Å². The zero-order chi connectivity index (χ0) is 11.4. The van der Waals surface area contributed by atoms with Crippen molar-refractivity contribution < 1.29 is 14.3 Å². The van der Waals surface area contributed by atoms with E-state index in [0.29, 0.717) is 5.75 Å². The van der Waals surface area contributed by atoms with Crippen molar-refractivity contribution in [3.05, 3.63) is 35.9 Å². The van der Waals surface area contributed by atoms with Crippen molar-refractivity contribution in [1.82, 2.24) is 0 Å². The third kappa shape index (κ3) is 3.00. The monoisotopic (exact) mass is 238 g/mol. The second-order valence-corrected chi connectivity index (χ2v) is 4.63. The van der Waals surface area contributed by atoms with Crippen LogP contribution in [0.25, 0.3) is 0 Å². The summed E-state index contributed by atoms with van der Waals surface area (Å²) in [6.45, 7) is 0. The Morgan fingerprint density at radius 2 is 2.19 bits per heavy atom. The van der Waals surface area contributed by atoms with E-state index in [2.05, 4.69) is 16.9 Å². The van der Waals surface area contributed by atoms with Gasteiger partial charge in [-0.15, -0.1) is 11.8 Å². The maximum Gasteiger partial charge on any atom is 0.315 e. The summed E-state index contributed by atoms with van der Waals surface area (Å²) in [4.78, 5) is 10.9. The van der Waals surface area contributed by atoms with E-state index in [-0.39, 0.29) is 18.2 Å². The minimum atomic E-state index is -0.179. The van der Waals surface area contributed by atoms with Crippen molar-refractivity contribution in [2.45, 2.75) is 12.2 Å². The van der Waals surface area contributed by atoms with Crippen LogP contribution in [-0.2, 0) is 14.3 Å². The number of carbonyl (C=O) groups excluding carboxylic acids is 1. The molecule has 1 saturated heterocycles. The minimum absolute atomic E-state index is 0.179. The van der Waals surface area contributed by atoms with Crippen LogP contribution in [0.2, 0.25) is 0 Å². The standard InChI is InChI=1S/C12H14O3S/c1-14-11(13)8-16-7-10-12(15-10)9-5-3-2-4-6-9/h2-6,10,12H,7-8H2,1H3. The Balaban J connectivity index is 1.70. The van der Waals surface area contributed by atoms with Gasteiger partial charge in [-0.3, -0.25) is 4.79 Å². The van der Waals surface area contributed by atoms with Crippen molar-refractivity contribution in [1.29, 1.82) is 0 Å². The van der Waals surface area contributed by atoms with Gasteiger partial charge < -0.3 is 9.47 Å². The van der Waals surface area contributed by atoms with Gasteiger partial charge >= 0.3 is 5.97 Å². The lowest BCUT2D eigenvalue weighted by Gasteiger charge is -1.97. The number of epoxide rings is 1. The summed E-state index contributed by atoms with van der Waals surface area (Å²) >= 11 is 1.56. The van der Waals surface area contributed by atoms with Gasteiger partial charge in [0.2, 0.25) is 0 Å². The molecule has 0 saturated carbocycles. The van der Waals surface area contributed by atoms with Crippen molar-refractivity contribution in [3.63, 3.8) is 0 Å². The first-order valence-corrected chi connectivity index (χ1v) is 6.31. The van der Waals surface area contributed by atoms with Gasteiger partial charge in [0.25, 0.3) is 0 Å². The Hall–Kier alpha value is -1.00. The Kier molecular flexibility index (Phi) is 3.85. The number of hydrogen-bond acceptors (Lipinski definition) is 4. The summed E-state index contributed by atoms with van der Waals surface area (Å²) in [6.07, 6.45) is 0.461. The summed E-state index contributed by atoms with van der Waals surface area (Å²) in [5.41, 5.74) is 1.21. The molecule has 1 fully saturated rings. The molecule has 1 aliphatic heterocycles. The van der Waals surface area contributed by atoms with Crippen LogP contribution in [0.4, 0.5) is 0 Å². The maximum atomic E-state index is 10.9. The molecule has 1 heterocycles. The molecule has 86 valence electrons. The van der Waals surface area contributed by atoms with Crippen molar-refractivity contribution in [2.75, 3.05) is 18.6 Å². The van der Waals surface area contributed by atoms with E-state index in [1.54, 1.807) is 11.8 Å². The maximum absolute atomic E-state index is 10.9. The molecule has 0 aliphatic carbocycles. The fourth-order valence-electron chi connectivity index (χ4n) is 1.52. The number of ether oxygens (including phenoxy) is 2. The number of carbonyl (C=O) groups is 1. The lowest BCUT2D eigenvalue weighted by Crippen LogP contribution is -2.05. The second-order valence-electron chi connectivity index (χ2n) is 3.60. The van der Waals surface area contributed by atoms with Crippen LogP contribution in [0.1, 0.15) is 11.7 Å². The summed E-state index contributed by atoms with van der Waals surface area (Å²) in [7, 11) is 1.41. The number of esters is 1. The quantitative estimate of drug-likeness (QED) is 0.581. The fraction of sp³-hybridized carbons (Fsp3) is 0.417. The highest BCUT2D eigenvalue weighted by atomic mass is 32.2. The number of hydrogen-bond donors (Lipinski definition) is 0. The Morgan fingerprint density at radius 1 is 1.44 bits per heavy atom. The number of methoxy groups -OCH3 is 1. The molecule has 1 aliphatic rings. The summed E-state index contributed by atoms with van der Waals surface area (Å²) in [6, 6.07) is 10.1. The second kappa shape index (κ2) is 5.37. The molecule has 2 atom stereocenters. The van der Waals surface area contributed by atoms with E-state index >= 15 is 0 Å². The van der Waals surface area contributed by atoms with Crippen molar-refractivity contribution in [3.8, 4) is 0 Å². The van der Waals surface area contributed by atoms with Crippen LogP contribution in [0.3, 0.4) is 0 Å². The number of benzene rings is 1. The largest absolute Gasteiger partial charge is 0.468 e. The normalized spacial score (nSPS) is 22.8. The lowest BCUT2D eigenvalue weighted by molar-refractivity contribution is -0.137. The van der Waals surface area contributed by atoms with Gasteiger partial charge in [-0.25, -0.2) is 0 Å². The Morgan fingerprint density at radius 3 is 2.88 bits per heavy atom. The smallest absolute Gasteiger partial charge is 0.315 e. The molecule has 2 unspecified atom stereocenters. The summed E-state index contributed by atoms with van der Waals surface area (Å²) < 4.78 is 10.1. The molecule has 0 aromatic heterocycles. The Bertz CT molecular complexity index is 353. The van der Waals surface area contributed by atoms with Gasteiger partial charge in [0.05, 0.1) is 19.0 Å². The van der Waals surface area contributed by atoms with Gasteiger partial charge in [-0.2, -0.15) is 0 Å². The molecule has 4 heteroatoms. The zero-order valence-corrected chi connectivity index (χ0v) is 9.91. The average molecular weight is 238 g/mol. The van der Waals surface area contributed by atoms with Crippen LogP contribution in [0, 0.1) is 0 Å². The van der Waals surface area contributed by atoms with E-state index < -0.39 is 0 Å². The molecule has 2 rings (SSSR count). The molecule has 3 nitrogen and oxygen atoms in total. The molecule has 0 amide bonds. The summed E-state index contributed by atoms with van der Waals surface area (Å²) in [5, 5.41) is 0. The molecular weight excluding hydrogens is 224 g/mol. The molecule has 0 bridgehead atoms. The predicted molar refractivity (Wildman–Crippen MR) is 63.4 cm³/mol. The topological polar surface area (TPSA) is 38.8 Å². The van der Waals surface area contributed by atoms with Crippen molar-refractivity contribution >= 4 is 17.7 Å². The molecule has 1 aromatic rings. The SMILES string of the molecule is COC(=O)CSCC1OC1c1ccccc1. The third-order valence-electron chi connectivity index (χ3n) is 2.44. The summed E-state index contributed by atoms with van der Waals surface area (Å²) in [5.74, 6) is 1.06. The number of thioether (sulfide) groups is 1. The first-order valence-electron chi connectivity index (χ1n) is 5.16. The molecule has 0 radical (unpaired) electrons. The van der Waals surface area contributed by atoms with Crippen LogP contribution in [-0.4, -0.2) is 30.7 Å². The van der Waals surface area contributed by atoms with Gasteiger partial charge in [-0.05, 0) is 5.56 Å². The Labute approximate surface area is 99.1 Å². The van der Waals surface area contributed by atoms with Gasteiger partial charge in [0, 0.05) is 5.75 Å². The van der Waals surface area contributed by atoms with Crippen molar-refractivity contribution in [2.24, 2.45) is 0 Å². The molecule has 0 spiro atoms. The van der Waals surface area contributed by atoms with E-state index in [9.17, 15) is 4.79 Å². The highest BCUT2D eigenvalue weighted by molar-refractivity contribution is 7.99. The van der Waals surface area contributed by atoms with Crippen LogP contribution < -0.4 is 0 Å². The predicted octanol–water partition coefficient (Wildman–Crippen LogP) is 2.03. The fourth-order valence-corrected chi connectivity index (χ4v) is 2.41. The van der Waals surface area contributed by atoms with Gasteiger partial charge in [0.15, 0.2) is 0 Å². The van der Waals surface area contributed by atoms with E-state index in [1.807, 2.05) is 18.2 Å². The third-order valence-corrected chi connectivity index (χ3v) is 3.44. The molecule has 0 N–H and O–H groups in total. The first kappa shape index (κ1) is 11.5. The van der Waals surface area contributed by atoms with Crippen LogP contribution in [0.15, 0.2) is 30.3 Å². The van der Waals surface area contributed by atoms with E-state index in [1.165, 1.54) is 12.7 Å². The molecule has 1 aromatic carbocycles. The lowest BCUT2D eigenvalue weighted by atomic mass is 10.1. The number of rotatable bonds is 5. The zero-order valence-electron chi connectivity index (χ0n) is 9.09. The highest BCUT2D eigenvalue weighted by Crippen LogP contribution is 2.40. The van der Waals surface area contributed by atoms with Crippen LogP contribution >= 0.6 is 11.8 Å². The average Bonchev–Trinajstić information content (AvgIpc) is 3.09. The minimum Gasteiger partial charge on any atom is -0.468 e. The molecule has 16 heavy (non-hydrogen) atoms. The highest BCUT2D eigenvalue weighted by Gasteiger charge is 2.39.